The van der Waals surface area contributed by atoms with Crippen molar-refractivity contribution < 1.29 is 14.4 Å². The van der Waals surface area contributed by atoms with Crippen molar-refractivity contribution >= 4 is 28.6 Å². The van der Waals surface area contributed by atoms with Crippen molar-refractivity contribution in [2.24, 2.45) is 0 Å². The highest BCUT2D eigenvalue weighted by atomic mass is 16.2. The topological polar surface area (TPSA) is 78.5 Å². The minimum atomic E-state index is -1.22. The van der Waals surface area contributed by atoms with Crippen LogP contribution in [-0.4, -0.2) is 29.3 Å². The first-order valence-corrected chi connectivity index (χ1v) is 10.3. The standard InChI is InChI=1S/C25H25N3O3/c1-16-8-4-7-11-21(16)17(2)26-22(29)15-28-23(30)25(3,27-24(28)31)20-13-12-18-9-5-6-10-19(18)14-20/h4-14,17H,15H2,1-3H3,(H,26,29)(H,27,31). The first-order valence-electron chi connectivity index (χ1n) is 10.3. The first-order chi connectivity index (χ1) is 14.8. The summed E-state index contributed by atoms with van der Waals surface area (Å²) in [7, 11) is 0. The maximum atomic E-state index is 13.2. The molecule has 0 bridgehead atoms. The molecule has 0 saturated carbocycles. The number of rotatable bonds is 5. The highest BCUT2D eigenvalue weighted by Gasteiger charge is 2.49. The van der Waals surface area contributed by atoms with Crippen molar-refractivity contribution in [3.8, 4) is 0 Å². The van der Waals surface area contributed by atoms with Crippen LogP contribution in [-0.2, 0) is 15.1 Å². The molecular formula is C25H25N3O3. The smallest absolute Gasteiger partial charge is 0.325 e. The number of benzene rings is 3. The zero-order valence-corrected chi connectivity index (χ0v) is 17.8. The largest absolute Gasteiger partial charge is 0.348 e. The van der Waals surface area contributed by atoms with Crippen LogP contribution in [0.15, 0.2) is 66.7 Å². The lowest BCUT2D eigenvalue weighted by atomic mass is 9.90. The Bertz CT molecular complexity index is 1190. The molecule has 0 spiro atoms. The van der Waals surface area contributed by atoms with Crippen molar-refractivity contribution in [3.63, 3.8) is 0 Å². The van der Waals surface area contributed by atoms with Gasteiger partial charge in [-0.25, -0.2) is 4.79 Å². The van der Waals surface area contributed by atoms with E-state index in [1.54, 1.807) is 6.92 Å². The number of nitrogens with zero attached hydrogens (tertiary/aromatic N) is 1. The van der Waals surface area contributed by atoms with Crippen molar-refractivity contribution in [2.45, 2.75) is 32.4 Å². The third-order valence-corrected chi connectivity index (χ3v) is 5.94. The van der Waals surface area contributed by atoms with E-state index >= 15 is 0 Å². The molecule has 2 N–H and O–H groups in total. The van der Waals surface area contributed by atoms with Gasteiger partial charge >= 0.3 is 6.03 Å². The molecule has 31 heavy (non-hydrogen) atoms. The third-order valence-electron chi connectivity index (χ3n) is 5.94. The summed E-state index contributed by atoms with van der Waals surface area (Å²) >= 11 is 0. The number of imide groups is 1. The number of carbonyl (C=O) groups excluding carboxylic acids is 3. The van der Waals surface area contributed by atoms with Gasteiger partial charge in [-0.05, 0) is 54.3 Å². The van der Waals surface area contributed by atoms with Gasteiger partial charge in [-0.15, -0.1) is 0 Å². The van der Waals surface area contributed by atoms with Gasteiger partial charge < -0.3 is 10.6 Å². The lowest BCUT2D eigenvalue weighted by Gasteiger charge is -2.23. The summed E-state index contributed by atoms with van der Waals surface area (Å²) in [5.41, 5.74) is 1.52. The number of aryl methyl sites for hydroxylation is 1. The number of nitrogens with one attached hydrogen (secondary N) is 2. The number of carbonyl (C=O) groups is 3. The van der Waals surface area contributed by atoms with E-state index in [2.05, 4.69) is 10.6 Å². The van der Waals surface area contributed by atoms with Crippen LogP contribution in [0, 0.1) is 6.92 Å². The molecule has 1 saturated heterocycles. The molecule has 158 valence electrons. The van der Waals surface area contributed by atoms with Gasteiger partial charge in [0.05, 0.1) is 6.04 Å². The van der Waals surface area contributed by atoms with E-state index in [0.717, 1.165) is 26.8 Å². The first kappa shape index (κ1) is 20.6. The average molecular weight is 415 g/mol. The summed E-state index contributed by atoms with van der Waals surface area (Å²) in [5.74, 6) is -0.825. The van der Waals surface area contributed by atoms with Gasteiger partial charge in [0.25, 0.3) is 5.91 Å². The van der Waals surface area contributed by atoms with Crippen molar-refractivity contribution in [1.29, 1.82) is 0 Å². The molecule has 4 rings (SSSR count). The summed E-state index contributed by atoms with van der Waals surface area (Å²) < 4.78 is 0. The maximum absolute atomic E-state index is 13.2. The fourth-order valence-electron chi connectivity index (χ4n) is 4.12. The number of urea groups is 1. The Kier molecular flexibility index (Phi) is 5.23. The van der Waals surface area contributed by atoms with Crippen LogP contribution in [0.3, 0.4) is 0 Å². The molecule has 6 heteroatoms. The van der Waals surface area contributed by atoms with Gasteiger partial charge in [0.1, 0.15) is 12.1 Å². The van der Waals surface area contributed by atoms with E-state index < -0.39 is 17.5 Å². The monoisotopic (exact) mass is 415 g/mol. The fraction of sp³-hybridized carbons (Fsp3) is 0.240. The molecule has 1 aliphatic heterocycles. The normalized spacial score (nSPS) is 19.4. The SMILES string of the molecule is Cc1ccccc1C(C)NC(=O)CN1C(=O)NC(C)(c2ccc3ccccc3c2)C1=O. The molecule has 0 radical (unpaired) electrons. The molecule has 0 aliphatic carbocycles. The van der Waals surface area contributed by atoms with Gasteiger partial charge in [-0.1, -0.05) is 60.7 Å². The van der Waals surface area contributed by atoms with E-state index in [0.29, 0.717) is 5.56 Å². The Labute approximate surface area is 181 Å². The van der Waals surface area contributed by atoms with Gasteiger partial charge in [-0.2, -0.15) is 0 Å². The van der Waals surface area contributed by atoms with Crippen LogP contribution < -0.4 is 10.6 Å². The molecule has 3 aromatic carbocycles. The van der Waals surface area contributed by atoms with E-state index in [-0.39, 0.29) is 18.5 Å². The number of amides is 4. The average Bonchev–Trinajstić information content (AvgIpc) is 2.97. The van der Waals surface area contributed by atoms with E-state index in [1.807, 2.05) is 80.6 Å². The molecule has 2 atom stereocenters. The Morgan fingerprint density at radius 1 is 1.03 bits per heavy atom. The highest BCUT2D eigenvalue weighted by molar-refractivity contribution is 6.09. The van der Waals surface area contributed by atoms with E-state index in [4.69, 9.17) is 0 Å². The van der Waals surface area contributed by atoms with Crippen LogP contribution in [0.1, 0.15) is 36.6 Å². The van der Waals surface area contributed by atoms with Gasteiger partial charge in [0.2, 0.25) is 5.91 Å². The lowest BCUT2D eigenvalue weighted by molar-refractivity contribution is -0.135. The number of fused-ring (bicyclic) bond motifs is 1. The van der Waals surface area contributed by atoms with Crippen molar-refractivity contribution in [3.05, 3.63) is 83.4 Å². The van der Waals surface area contributed by atoms with Crippen molar-refractivity contribution in [1.82, 2.24) is 15.5 Å². The quantitative estimate of drug-likeness (QED) is 0.623. The maximum Gasteiger partial charge on any atom is 0.325 e. The molecule has 2 unspecified atom stereocenters. The number of hydrogen-bond acceptors (Lipinski definition) is 3. The number of hydrogen-bond donors (Lipinski definition) is 2. The van der Waals surface area contributed by atoms with Crippen LogP contribution in [0.25, 0.3) is 10.8 Å². The summed E-state index contributed by atoms with van der Waals surface area (Å²) in [5, 5.41) is 7.68. The molecule has 6 nitrogen and oxygen atoms in total. The highest BCUT2D eigenvalue weighted by Crippen LogP contribution is 2.31. The van der Waals surface area contributed by atoms with E-state index in [1.165, 1.54) is 0 Å². The summed E-state index contributed by atoms with van der Waals surface area (Å²) in [6.45, 7) is 5.20. The third kappa shape index (κ3) is 3.77. The van der Waals surface area contributed by atoms with Gasteiger partial charge in [0.15, 0.2) is 0 Å². The predicted molar refractivity (Wildman–Crippen MR) is 119 cm³/mol. The second-order valence-corrected chi connectivity index (χ2v) is 8.15. The molecule has 0 aromatic heterocycles. The van der Waals surface area contributed by atoms with Crippen molar-refractivity contribution in [2.75, 3.05) is 6.54 Å². The lowest BCUT2D eigenvalue weighted by Crippen LogP contribution is -2.43. The van der Waals surface area contributed by atoms with Crippen LogP contribution in [0.2, 0.25) is 0 Å². The van der Waals surface area contributed by atoms with Crippen LogP contribution in [0.5, 0.6) is 0 Å². The minimum Gasteiger partial charge on any atom is -0.348 e. The van der Waals surface area contributed by atoms with Gasteiger partial charge in [0, 0.05) is 0 Å². The van der Waals surface area contributed by atoms with Gasteiger partial charge in [-0.3, -0.25) is 14.5 Å². The van der Waals surface area contributed by atoms with Crippen LogP contribution in [0.4, 0.5) is 4.79 Å². The predicted octanol–water partition coefficient (Wildman–Crippen LogP) is 3.79. The Morgan fingerprint density at radius 3 is 2.45 bits per heavy atom. The summed E-state index contributed by atoms with van der Waals surface area (Å²) in [6, 6.07) is 20.5. The molecule has 1 aliphatic rings. The fourth-order valence-corrected chi connectivity index (χ4v) is 4.12. The second kappa shape index (κ2) is 7.87. The second-order valence-electron chi connectivity index (χ2n) is 8.15. The molecule has 3 aromatic rings. The summed E-state index contributed by atoms with van der Waals surface area (Å²) in [6.07, 6.45) is 0. The molecule has 1 fully saturated rings. The zero-order chi connectivity index (χ0) is 22.2. The Balaban J connectivity index is 1.51. The van der Waals surface area contributed by atoms with E-state index in [9.17, 15) is 14.4 Å². The molecule has 1 heterocycles. The zero-order valence-electron chi connectivity index (χ0n) is 17.8. The minimum absolute atomic E-state index is 0.235. The van der Waals surface area contributed by atoms with Crippen LogP contribution >= 0.6 is 0 Å². The molecular weight excluding hydrogens is 390 g/mol. The molecule has 4 amide bonds. The Morgan fingerprint density at radius 2 is 1.71 bits per heavy atom. The Hall–Kier alpha value is -3.67. The summed E-state index contributed by atoms with van der Waals surface area (Å²) in [4.78, 5) is 39.4.